The van der Waals surface area contributed by atoms with Crippen molar-refractivity contribution in [2.24, 2.45) is 0 Å². The van der Waals surface area contributed by atoms with Gasteiger partial charge in [0.25, 0.3) is 0 Å². The number of aliphatic carboxylic acids is 1. The van der Waals surface area contributed by atoms with E-state index in [4.69, 9.17) is 9.63 Å². The van der Waals surface area contributed by atoms with Crippen molar-refractivity contribution in [3.8, 4) is 0 Å². The molecule has 0 aliphatic heterocycles. The Labute approximate surface area is 122 Å². The zero-order valence-corrected chi connectivity index (χ0v) is 12.4. The van der Waals surface area contributed by atoms with Gasteiger partial charge in [-0.1, -0.05) is 5.16 Å². The van der Waals surface area contributed by atoms with Crippen LogP contribution < -0.4 is 0 Å². The maximum absolute atomic E-state index is 10.5. The van der Waals surface area contributed by atoms with Gasteiger partial charge in [0.05, 0.1) is 25.2 Å². The lowest BCUT2D eigenvalue weighted by atomic mass is 10.2. The number of carboxylic acid groups (broad SMARTS) is 1. The number of aryl methyl sites for hydroxylation is 2. The topological polar surface area (TPSA) is 97.3 Å². The summed E-state index contributed by atoms with van der Waals surface area (Å²) in [5.41, 5.74) is 1.01. The molecule has 0 aromatic carbocycles. The van der Waals surface area contributed by atoms with Gasteiger partial charge in [-0.3, -0.25) is 14.4 Å². The minimum Gasteiger partial charge on any atom is -0.481 e. The standard InChI is InChI=1S/C13H19N5O3/c1-9(13-15-10(2)16-21-13)17(3)7-11-6-14-18(8-11)5-4-12(19)20/h6,8-9H,4-5,7H2,1-3H3,(H,19,20)/t9-/m0/s1. The Morgan fingerprint density at radius 2 is 2.33 bits per heavy atom. The van der Waals surface area contributed by atoms with E-state index in [-0.39, 0.29) is 12.5 Å². The zero-order chi connectivity index (χ0) is 15.4. The predicted molar refractivity (Wildman–Crippen MR) is 73.4 cm³/mol. The summed E-state index contributed by atoms with van der Waals surface area (Å²) in [6.45, 7) is 4.81. The quantitative estimate of drug-likeness (QED) is 0.820. The van der Waals surface area contributed by atoms with Crippen LogP contribution in [0.3, 0.4) is 0 Å². The second kappa shape index (κ2) is 6.49. The SMILES string of the molecule is Cc1noc([C@H](C)N(C)Cc2cnn(CCC(=O)O)c2)n1. The van der Waals surface area contributed by atoms with Crippen LogP contribution >= 0.6 is 0 Å². The Kier molecular flexibility index (Phi) is 4.69. The van der Waals surface area contributed by atoms with Gasteiger partial charge in [-0.2, -0.15) is 10.1 Å². The average molecular weight is 293 g/mol. The summed E-state index contributed by atoms with van der Waals surface area (Å²) in [6, 6.07) is -0.00595. The first kappa shape index (κ1) is 15.2. The lowest BCUT2D eigenvalue weighted by Gasteiger charge is -2.20. The fraction of sp³-hybridized carbons (Fsp3) is 0.538. The van der Waals surface area contributed by atoms with Gasteiger partial charge in [0, 0.05) is 18.3 Å². The van der Waals surface area contributed by atoms with Crippen LogP contribution in [-0.4, -0.2) is 42.9 Å². The first-order valence-electron chi connectivity index (χ1n) is 6.69. The van der Waals surface area contributed by atoms with Crippen LogP contribution in [0.1, 0.15) is 36.7 Å². The number of carboxylic acids is 1. The van der Waals surface area contributed by atoms with E-state index in [0.29, 0.717) is 24.8 Å². The van der Waals surface area contributed by atoms with Gasteiger partial charge in [-0.25, -0.2) is 0 Å². The molecule has 114 valence electrons. The molecule has 0 aliphatic rings. The zero-order valence-electron chi connectivity index (χ0n) is 12.4. The maximum Gasteiger partial charge on any atom is 0.305 e. The summed E-state index contributed by atoms with van der Waals surface area (Å²) in [4.78, 5) is 16.8. The molecule has 0 fully saturated rings. The smallest absolute Gasteiger partial charge is 0.305 e. The number of rotatable bonds is 7. The van der Waals surface area contributed by atoms with E-state index in [0.717, 1.165) is 5.56 Å². The lowest BCUT2D eigenvalue weighted by Crippen LogP contribution is -2.22. The molecule has 2 heterocycles. The van der Waals surface area contributed by atoms with Gasteiger partial charge < -0.3 is 9.63 Å². The summed E-state index contributed by atoms with van der Waals surface area (Å²) in [5, 5.41) is 16.6. The Morgan fingerprint density at radius 3 is 2.95 bits per heavy atom. The molecule has 2 aromatic rings. The molecule has 8 heteroatoms. The van der Waals surface area contributed by atoms with E-state index in [1.807, 2.05) is 20.2 Å². The van der Waals surface area contributed by atoms with Crippen molar-refractivity contribution in [2.45, 2.75) is 39.4 Å². The molecule has 0 saturated heterocycles. The van der Waals surface area contributed by atoms with Gasteiger partial charge in [0.15, 0.2) is 5.82 Å². The van der Waals surface area contributed by atoms with E-state index in [2.05, 4.69) is 20.1 Å². The lowest BCUT2D eigenvalue weighted by molar-refractivity contribution is -0.137. The Hall–Kier alpha value is -2.22. The number of hydrogen-bond donors (Lipinski definition) is 1. The molecule has 0 unspecified atom stereocenters. The van der Waals surface area contributed by atoms with Crippen molar-refractivity contribution >= 4 is 5.97 Å². The molecule has 1 N–H and O–H groups in total. The first-order valence-corrected chi connectivity index (χ1v) is 6.69. The fourth-order valence-electron chi connectivity index (χ4n) is 1.92. The summed E-state index contributed by atoms with van der Waals surface area (Å²) >= 11 is 0. The highest BCUT2D eigenvalue weighted by Crippen LogP contribution is 2.18. The number of nitrogens with zero attached hydrogens (tertiary/aromatic N) is 5. The highest BCUT2D eigenvalue weighted by atomic mass is 16.5. The highest BCUT2D eigenvalue weighted by Gasteiger charge is 2.18. The Balaban J connectivity index is 1.93. The van der Waals surface area contributed by atoms with E-state index in [1.54, 1.807) is 17.8 Å². The van der Waals surface area contributed by atoms with Crippen molar-refractivity contribution in [3.63, 3.8) is 0 Å². The summed E-state index contributed by atoms with van der Waals surface area (Å²) in [7, 11) is 1.96. The molecular formula is C13H19N5O3. The van der Waals surface area contributed by atoms with Gasteiger partial charge in [0.2, 0.25) is 5.89 Å². The maximum atomic E-state index is 10.5. The van der Waals surface area contributed by atoms with Gasteiger partial charge in [-0.05, 0) is 20.9 Å². The predicted octanol–water partition coefficient (Wildman–Crippen LogP) is 1.24. The van der Waals surface area contributed by atoms with Crippen molar-refractivity contribution in [2.75, 3.05) is 7.05 Å². The van der Waals surface area contributed by atoms with Crippen molar-refractivity contribution in [3.05, 3.63) is 29.7 Å². The Morgan fingerprint density at radius 1 is 1.57 bits per heavy atom. The minimum atomic E-state index is -0.829. The molecule has 0 radical (unpaired) electrons. The largest absolute Gasteiger partial charge is 0.481 e. The van der Waals surface area contributed by atoms with Gasteiger partial charge in [0.1, 0.15) is 0 Å². The van der Waals surface area contributed by atoms with Crippen LogP contribution in [0.2, 0.25) is 0 Å². The molecule has 0 aliphatic carbocycles. The monoisotopic (exact) mass is 293 g/mol. The second-order valence-corrected chi connectivity index (χ2v) is 5.03. The van der Waals surface area contributed by atoms with Gasteiger partial charge in [-0.15, -0.1) is 0 Å². The molecule has 2 rings (SSSR count). The minimum absolute atomic E-state index is 0.00595. The first-order chi connectivity index (χ1) is 9.95. The Bertz CT molecular complexity index is 606. The third-order valence-electron chi connectivity index (χ3n) is 3.24. The van der Waals surface area contributed by atoms with Crippen LogP contribution in [0.5, 0.6) is 0 Å². The van der Waals surface area contributed by atoms with Crippen LogP contribution in [0, 0.1) is 6.92 Å². The summed E-state index contributed by atoms with van der Waals surface area (Å²) in [5.74, 6) is 0.365. The molecular weight excluding hydrogens is 274 g/mol. The normalized spacial score (nSPS) is 12.8. The van der Waals surface area contributed by atoms with E-state index < -0.39 is 5.97 Å². The van der Waals surface area contributed by atoms with Crippen LogP contribution in [0.15, 0.2) is 16.9 Å². The number of hydrogen-bond acceptors (Lipinski definition) is 6. The molecule has 0 amide bonds. The number of aromatic nitrogens is 4. The van der Waals surface area contributed by atoms with Crippen molar-refractivity contribution < 1.29 is 14.4 Å². The van der Waals surface area contributed by atoms with E-state index in [1.165, 1.54) is 0 Å². The van der Waals surface area contributed by atoms with Crippen molar-refractivity contribution in [1.29, 1.82) is 0 Å². The number of carbonyl (C=O) groups is 1. The van der Waals surface area contributed by atoms with Crippen LogP contribution in [0.25, 0.3) is 0 Å². The summed E-state index contributed by atoms with van der Waals surface area (Å²) in [6.07, 6.45) is 3.66. The molecule has 8 nitrogen and oxygen atoms in total. The molecule has 2 aromatic heterocycles. The molecule has 21 heavy (non-hydrogen) atoms. The van der Waals surface area contributed by atoms with Gasteiger partial charge >= 0.3 is 5.97 Å². The third-order valence-corrected chi connectivity index (χ3v) is 3.24. The molecule has 0 spiro atoms. The average Bonchev–Trinajstić information content (AvgIpc) is 3.04. The van der Waals surface area contributed by atoms with Crippen molar-refractivity contribution in [1.82, 2.24) is 24.8 Å². The molecule has 0 bridgehead atoms. The van der Waals surface area contributed by atoms with E-state index >= 15 is 0 Å². The fourth-order valence-corrected chi connectivity index (χ4v) is 1.92. The third kappa shape index (κ3) is 4.12. The summed E-state index contributed by atoms with van der Waals surface area (Å²) < 4.78 is 6.80. The van der Waals surface area contributed by atoms with Crippen LogP contribution in [0.4, 0.5) is 0 Å². The molecule has 1 atom stereocenters. The van der Waals surface area contributed by atoms with E-state index in [9.17, 15) is 4.79 Å². The highest BCUT2D eigenvalue weighted by molar-refractivity contribution is 5.66. The second-order valence-electron chi connectivity index (χ2n) is 5.03. The van der Waals surface area contributed by atoms with Crippen LogP contribution in [-0.2, 0) is 17.9 Å². The molecule has 0 saturated carbocycles.